The average molecular weight is 352 g/mol. The zero-order valence-electron chi connectivity index (χ0n) is 13.8. The van der Waals surface area contributed by atoms with Crippen LogP contribution in [-0.2, 0) is 9.59 Å². The number of nitrogens with two attached hydrogens (primary N) is 1. The molecule has 132 valence electrons. The lowest BCUT2D eigenvalue weighted by atomic mass is 9.89. The first-order valence-electron chi connectivity index (χ1n) is 8.51. The number of halogens is 1. The van der Waals surface area contributed by atoms with Crippen molar-refractivity contribution in [1.82, 2.24) is 5.32 Å². The van der Waals surface area contributed by atoms with Gasteiger partial charge in [0.25, 0.3) is 0 Å². The van der Waals surface area contributed by atoms with E-state index < -0.39 is 0 Å². The lowest BCUT2D eigenvalue weighted by molar-refractivity contribution is -0.120. The maximum atomic E-state index is 12.8. The number of fused-ring (bicyclic) bond motifs is 2. The molecule has 3 rings (SSSR count). The van der Waals surface area contributed by atoms with Gasteiger partial charge in [0.1, 0.15) is 0 Å². The number of hydrogen-bond donors (Lipinski definition) is 2. The summed E-state index contributed by atoms with van der Waals surface area (Å²) in [7, 11) is 0. The van der Waals surface area contributed by atoms with E-state index in [2.05, 4.69) is 5.32 Å². The number of carbonyl (C=O) groups excluding carboxylic acids is 2. The molecule has 2 amide bonds. The highest BCUT2D eigenvalue weighted by Gasteiger charge is 2.34. The van der Waals surface area contributed by atoms with Crippen LogP contribution in [-0.4, -0.2) is 30.4 Å². The molecule has 0 radical (unpaired) electrons. The van der Waals surface area contributed by atoms with Crippen LogP contribution in [0.4, 0.5) is 5.69 Å². The molecule has 2 aliphatic heterocycles. The topological polar surface area (TPSA) is 75.4 Å². The minimum atomic E-state index is -0.376. The van der Waals surface area contributed by atoms with E-state index in [-0.39, 0.29) is 30.6 Å². The normalized spacial score (nSPS) is 24.9. The Kier molecular flexibility index (Phi) is 6.63. The fourth-order valence-electron chi connectivity index (χ4n) is 3.93. The third-order valence-corrected chi connectivity index (χ3v) is 4.98. The summed E-state index contributed by atoms with van der Waals surface area (Å²) in [5.41, 5.74) is 6.11. The number of nitrogens with zero attached hydrogens (tertiary/aromatic N) is 1. The van der Waals surface area contributed by atoms with Crippen molar-refractivity contribution in [1.29, 1.82) is 0 Å². The molecule has 2 atom stereocenters. The van der Waals surface area contributed by atoms with Gasteiger partial charge in [-0.3, -0.25) is 9.59 Å². The summed E-state index contributed by atoms with van der Waals surface area (Å²) < 4.78 is 0. The molecule has 1 aromatic carbocycles. The van der Waals surface area contributed by atoms with Crippen molar-refractivity contribution >= 4 is 29.9 Å². The number of piperidine rings is 1. The van der Waals surface area contributed by atoms with Crippen molar-refractivity contribution in [3.8, 4) is 0 Å². The quantitative estimate of drug-likeness (QED) is 0.825. The van der Waals surface area contributed by atoms with Crippen LogP contribution in [0.15, 0.2) is 30.3 Å². The molecule has 1 aromatic rings. The van der Waals surface area contributed by atoms with Crippen molar-refractivity contribution in [2.24, 2.45) is 11.7 Å². The lowest BCUT2D eigenvalue weighted by Gasteiger charge is -2.31. The molecule has 24 heavy (non-hydrogen) atoms. The second-order valence-electron chi connectivity index (χ2n) is 6.78. The summed E-state index contributed by atoms with van der Waals surface area (Å²) in [6.07, 6.45) is 5.39. The smallest absolute Gasteiger partial charge is 0.227 e. The molecule has 2 bridgehead atoms. The molecule has 0 spiro atoms. The molecule has 2 saturated heterocycles. The van der Waals surface area contributed by atoms with Crippen LogP contribution in [0, 0.1) is 5.92 Å². The summed E-state index contributed by atoms with van der Waals surface area (Å²) in [5.74, 6) is 0.170. The molecule has 6 heteroatoms. The summed E-state index contributed by atoms with van der Waals surface area (Å²) in [6, 6.07) is 10.7. The van der Waals surface area contributed by atoms with Gasteiger partial charge in [-0.05, 0) is 43.7 Å². The largest absolute Gasteiger partial charge is 0.370 e. The SMILES string of the molecule is Cl.NC(=O)CCN(C(=O)CC1CC2CCC(C1)N2)c1ccccc1. The minimum absolute atomic E-state index is 0. The van der Waals surface area contributed by atoms with Gasteiger partial charge in [0.15, 0.2) is 0 Å². The molecular weight excluding hydrogens is 326 g/mol. The molecule has 2 heterocycles. The van der Waals surface area contributed by atoms with Crippen LogP contribution < -0.4 is 16.0 Å². The van der Waals surface area contributed by atoms with Gasteiger partial charge >= 0.3 is 0 Å². The van der Waals surface area contributed by atoms with E-state index in [1.807, 2.05) is 30.3 Å². The number of carbonyl (C=O) groups is 2. The monoisotopic (exact) mass is 351 g/mol. The number of anilines is 1. The van der Waals surface area contributed by atoms with Crippen molar-refractivity contribution < 1.29 is 9.59 Å². The summed E-state index contributed by atoms with van der Waals surface area (Å²) in [5, 5.41) is 3.61. The number of rotatable bonds is 6. The van der Waals surface area contributed by atoms with Crippen molar-refractivity contribution in [3.63, 3.8) is 0 Å². The van der Waals surface area contributed by atoms with E-state index in [1.165, 1.54) is 12.8 Å². The van der Waals surface area contributed by atoms with E-state index in [1.54, 1.807) is 4.90 Å². The summed E-state index contributed by atoms with van der Waals surface area (Å²) in [6.45, 7) is 0.357. The highest BCUT2D eigenvalue weighted by molar-refractivity contribution is 5.94. The Bertz CT molecular complexity index is 555. The van der Waals surface area contributed by atoms with E-state index >= 15 is 0 Å². The first-order chi connectivity index (χ1) is 11.1. The van der Waals surface area contributed by atoms with Gasteiger partial charge in [0, 0.05) is 37.2 Å². The zero-order valence-corrected chi connectivity index (χ0v) is 14.6. The Morgan fingerprint density at radius 3 is 2.33 bits per heavy atom. The Labute approximate surface area is 149 Å². The summed E-state index contributed by atoms with van der Waals surface area (Å²) >= 11 is 0. The van der Waals surface area contributed by atoms with Gasteiger partial charge in [-0.1, -0.05) is 18.2 Å². The third-order valence-electron chi connectivity index (χ3n) is 4.98. The molecule has 0 saturated carbocycles. The fraction of sp³-hybridized carbons (Fsp3) is 0.556. The van der Waals surface area contributed by atoms with Crippen LogP contribution in [0.3, 0.4) is 0 Å². The summed E-state index contributed by atoms with van der Waals surface area (Å²) in [4.78, 5) is 25.6. The van der Waals surface area contributed by atoms with Gasteiger partial charge in [-0.2, -0.15) is 0 Å². The van der Waals surface area contributed by atoms with Gasteiger partial charge in [-0.15, -0.1) is 12.4 Å². The average Bonchev–Trinajstić information content (AvgIpc) is 2.87. The standard InChI is InChI=1S/C18H25N3O2.ClH/c19-17(22)8-9-21(16-4-2-1-3-5-16)18(23)12-13-10-14-6-7-15(11-13)20-14;/h1-5,13-15,20H,6-12H2,(H2,19,22);1H. The molecule has 0 aromatic heterocycles. The number of primary amides is 1. The molecule has 0 aliphatic carbocycles. The minimum Gasteiger partial charge on any atom is -0.370 e. The maximum absolute atomic E-state index is 12.8. The Morgan fingerprint density at radius 2 is 1.75 bits per heavy atom. The fourth-order valence-corrected chi connectivity index (χ4v) is 3.93. The number of benzene rings is 1. The molecule has 3 N–H and O–H groups in total. The first-order valence-corrected chi connectivity index (χ1v) is 8.51. The van der Waals surface area contributed by atoms with Crippen LogP contribution >= 0.6 is 12.4 Å². The lowest BCUT2D eigenvalue weighted by Crippen LogP contribution is -2.41. The molecule has 2 aliphatic rings. The molecule has 2 fully saturated rings. The second kappa shape index (κ2) is 8.49. The Morgan fingerprint density at radius 1 is 1.12 bits per heavy atom. The van der Waals surface area contributed by atoms with Crippen molar-refractivity contribution in [2.45, 2.75) is 50.6 Å². The number of amides is 2. The third kappa shape index (κ3) is 4.71. The predicted molar refractivity (Wildman–Crippen MR) is 97.1 cm³/mol. The van der Waals surface area contributed by atoms with Gasteiger partial charge < -0.3 is 16.0 Å². The van der Waals surface area contributed by atoms with E-state index in [0.29, 0.717) is 31.0 Å². The van der Waals surface area contributed by atoms with Crippen LogP contribution in [0.5, 0.6) is 0 Å². The van der Waals surface area contributed by atoms with Crippen LogP contribution in [0.2, 0.25) is 0 Å². The number of nitrogens with one attached hydrogen (secondary N) is 1. The van der Waals surface area contributed by atoms with Crippen LogP contribution in [0.25, 0.3) is 0 Å². The zero-order chi connectivity index (χ0) is 16.2. The second-order valence-corrected chi connectivity index (χ2v) is 6.78. The number of para-hydroxylation sites is 1. The number of hydrogen-bond acceptors (Lipinski definition) is 3. The first kappa shape index (κ1) is 18.7. The molecule has 2 unspecified atom stereocenters. The van der Waals surface area contributed by atoms with Gasteiger partial charge in [0.05, 0.1) is 0 Å². The van der Waals surface area contributed by atoms with Crippen molar-refractivity contribution in [3.05, 3.63) is 30.3 Å². The Hall–Kier alpha value is -1.59. The van der Waals surface area contributed by atoms with E-state index in [4.69, 9.17) is 5.73 Å². The molecular formula is C18H26ClN3O2. The highest BCUT2D eigenvalue weighted by atomic mass is 35.5. The van der Waals surface area contributed by atoms with Crippen molar-refractivity contribution in [2.75, 3.05) is 11.4 Å². The maximum Gasteiger partial charge on any atom is 0.227 e. The van der Waals surface area contributed by atoms with Gasteiger partial charge in [-0.25, -0.2) is 0 Å². The van der Waals surface area contributed by atoms with Crippen LogP contribution in [0.1, 0.15) is 38.5 Å². The van der Waals surface area contributed by atoms with Gasteiger partial charge in [0.2, 0.25) is 11.8 Å². The highest BCUT2D eigenvalue weighted by Crippen LogP contribution is 2.33. The predicted octanol–water partition coefficient (Wildman–Crippen LogP) is 2.24. The Balaban J connectivity index is 0.00000208. The van der Waals surface area contributed by atoms with E-state index in [0.717, 1.165) is 18.5 Å². The molecule has 5 nitrogen and oxygen atoms in total. The van der Waals surface area contributed by atoms with E-state index in [9.17, 15) is 9.59 Å².